The zero-order valence-corrected chi connectivity index (χ0v) is 12.4. The lowest BCUT2D eigenvalue weighted by Gasteiger charge is -2.05. The molecule has 20 heavy (non-hydrogen) atoms. The lowest BCUT2D eigenvalue weighted by molar-refractivity contribution is 0.768. The summed E-state index contributed by atoms with van der Waals surface area (Å²) >= 11 is 3.44. The van der Waals surface area contributed by atoms with Gasteiger partial charge in [0.25, 0.3) is 0 Å². The normalized spacial score (nSPS) is 10.7. The van der Waals surface area contributed by atoms with Crippen molar-refractivity contribution in [2.45, 2.75) is 0 Å². The maximum atomic E-state index is 5.89. The van der Waals surface area contributed by atoms with Gasteiger partial charge in [-0.25, -0.2) is 9.97 Å². The van der Waals surface area contributed by atoms with Crippen LogP contribution in [0.4, 0.5) is 5.82 Å². The van der Waals surface area contributed by atoms with E-state index in [4.69, 9.17) is 5.73 Å². The third-order valence-corrected chi connectivity index (χ3v) is 3.32. The largest absolute Gasteiger partial charge is 0.384 e. The topological polar surface area (TPSA) is 69.6 Å². The van der Waals surface area contributed by atoms with Crippen LogP contribution in [0.15, 0.2) is 47.2 Å². The van der Waals surface area contributed by atoms with E-state index in [9.17, 15) is 0 Å². The van der Waals surface area contributed by atoms with Crippen molar-refractivity contribution >= 4 is 21.7 Å². The van der Waals surface area contributed by atoms with Crippen LogP contribution in [0.1, 0.15) is 0 Å². The number of halogens is 1. The molecule has 3 rings (SSSR count). The first-order valence-corrected chi connectivity index (χ1v) is 6.80. The Morgan fingerprint density at radius 2 is 2.00 bits per heavy atom. The first kappa shape index (κ1) is 12.8. The van der Waals surface area contributed by atoms with Gasteiger partial charge in [0.05, 0.1) is 11.9 Å². The van der Waals surface area contributed by atoms with Gasteiger partial charge in [0.15, 0.2) is 5.82 Å². The molecule has 0 radical (unpaired) electrons. The summed E-state index contributed by atoms with van der Waals surface area (Å²) < 4.78 is 2.70. The summed E-state index contributed by atoms with van der Waals surface area (Å²) in [5.74, 6) is 1.04. The van der Waals surface area contributed by atoms with Gasteiger partial charge in [-0.2, -0.15) is 5.10 Å². The quantitative estimate of drug-likeness (QED) is 0.784. The maximum absolute atomic E-state index is 5.89. The second kappa shape index (κ2) is 5.05. The van der Waals surface area contributed by atoms with Crippen LogP contribution in [0.25, 0.3) is 22.6 Å². The Morgan fingerprint density at radius 3 is 2.70 bits per heavy atom. The number of nitrogen functional groups attached to an aromatic ring is 1. The molecule has 3 aromatic rings. The van der Waals surface area contributed by atoms with Crippen molar-refractivity contribution in [1.82, 2.24) is 19.7 Å². The van der Waals surface area contributed by atoms with Crippen LogP contribution in [0.5, 0.6) is 0 Å². The summed E-state index contributed by atoms with van der Waals surface area (Å²) in [5.41, 5.74) is 8.48. The third-order valence-electron chi connectivity index (χ3n) is 2.83. The highest BCUT2D eigenvalue weighted by atomic mass is 79.9. The fraction of sp³-hybridized carbons (Fsp3) is 0.0714. The lowest BCUT2D eigenvalue weighted by Crippen LogP contribution is -1.97. The number of rotatable bonds is 2. The van der Waals surface area contributed by atoms with Crippen molar-refractivity contribution in [2.75, 3.05) is 5.73 Å². The number of hydrogen-bond acceptors (Lipinski definition) is 4. The molecule has 2 N–H and O–H groups in total. The molecule has 2 aromatic heterocycles. The summed E-state index contributed by atoms with van der Waals surface area (Å²) in [6, 6.07) is 9.56. The number of nitrogens with zero attached hydrogens (tertiary/aromatic N) is 4. The molecule has 2 heterocycles. The zero-order chi connectivity index (χ0) is 14.1. The third kappa shape index (κ3) is 2.55. The number of anilines is 1. The summed E-state index contributed by atoms with van der Waals surface area (Å²) in [5, 5.41) is 4.15. The smallest absolute Gasteiger partial charge is 0.162 e. The molecule has 6 heteroatoms. The molecule has 0 atom stereocenters. The van der Waals surface area contributed by atoms with Crippen molar-refractivity contribution in [2.24, 2.45) is 7.05 Å². The first-order valence-electron chi connectivity index (χ1n) is 6.01. The fourth-order valence-electron chi connectivity index (χ4n) is 1.92. The summed E-state index contributed by atoms with van der Waals surface area (Å²) in [7, 11) is 1.86. The molecule has 0 spiro atoms. The highest BCUT2D eigenvalue weighted by Crippen LogP contribution is 2.24. The maximum Gasteiger partial charge on any atom is 0.162 e. The van der Waals surface area contributed by atoms with Gasteiger partial charge in [-0.1, -0.05) is 28.1 Å². The number of hydrogen-bond donors (Lipinski definition) is 1. The molecular weight excluding hydrogens is 318 g/mol. The molecule has 100 valence electrons. The van der Waals surface area contributed by atoms with E-state index >= 15 is 0 Å². The Bertz CT molecular complexity index is 766. The van der Waals surface area contributed by atoms with E-state index in [1.54, 1.807) is 16.9 Å². The summed E-state index contributed by atoms with van der Waals surface area (Å²) in [4.78, 5) is 8.86. The van der Waals surface area contributed by atoms with Gasteiger partial charge >= 0.3 is 0 Å². The Balaban J connectivity index is 2.11. The van der Waals surface area contributed by atoms with Crippen LogP contribution < -0.4 is 5.73 Å². The molecule has 1 aromatic carbocycles. The van der Waals surface area contributed by atoms with Crippen LogP contribution in [-0.4, -0.2) is 19.7 Å². The van der Waals surface area contributed by atoms with Gasteiger partial charge in [-0.05, 0) is 12.1 Å². The molecule has 0 bridgehead atoms. The van der Waals surface area contributed by atoms with Crippen molar-refractivity contribution in [1.29, 1.82) is 0 Å². The molecule has 0 aliphatic heterocycles. The molecule has 0 aliphatic rings. The second-order valence-corrected chi connectivity index (χ2v) is 5.33. The molecule has 0 aliphatic carbocycles. The zero-order valence-electron chi connectivity index (χ0n) is 10.8. The van der Waals surface area contributed by atoms with Gasteiger partial charge in [0.1, 0.15) is 5.82 Å². The Morgan fingerprint density at radius 1 is 1.15 bits per heavy atom. The summed E-state index contributed by atoms with van der Waals surface area (Å²) in [6.45, 7) is 0. The fourth-order valence-corrected chi connectivity index (χ4v) is 2.32. The Hall–Kier alpha value is -2.21. The van der Waals surface area contributed by atoms with Gasteiger partial charge < -0.3 is 5.73 Å². The van der Waals surface area contributed by atoms with Crippen LogP contribution in [-0.2, 0) is 7.05 Å². The van der Waals surface area contributed by atoms with Gasteiger partial charge in [0.2, 0.25) is 0 Å². The van der Waals surface area contributed by atoms with Gasteiger partial charge in [0, 0.05) is 34.9 Å². The molecular formula is C14H12BrN5. The van der Waals surface area contributed by atoms with E-state index < -0.39 is 0 Å². The van der Waals surface area contributed by atoms with Gasteiger partial charge in [-0.15, -0.1) is 0 Å². The second-order valence-electron chi connectivity index (χ2n) is 4.41. The SMILES string of the molecule is Cn1cc(-c2cc(N)nc(-c3cccc(Br)c3)n2)cn1. The molecule has 0 fully saturated rings. The molecule has 0 amide bonds. The minimum atomic E-state index is 0.439. The molecule has 0 saturated carbocycles. The predicted molar refractivity (Wildman–Crippen MR) is 81.8 cm³/mol. The average Bonchev–Trinajstić information content (AvgIpc) is 2.85. The van der Waals surface area contributed by atoms with Crippen LogP contribution >= 0.6 is 15.9 Å². The summed E-state index contributed by atoms with van der Waals surface area (Å²) in [6.07, 6.45) is 3.65. The van der Waals surface area contributed by atoms with Gasteiger partial charge in [-0.3, -0.25) is 4.68 Å². The molecule has 0 unspecified atom stereocenters. The van der Waals surface area contributed by atoms with Crippen molar-refractivity contribution < 1.29 is 0 Å². The number of aromatic nitrogens is 4. The van der Waals surface area contributed by atoms with E-state index in [-0.39, 0.29) is 0 Å². The minimum absolute atomic E-state index is 0.439. The van der Waals surface area contributed by atoms with E-state index in [1.165, 1.54) is 0 Å². The number of nitrogens with two attached hydrogens (primary N) is 1. The van der Waals surface area contributed by atoms with Crippen LogP contribution in [0, 0.1) is 0 Å². The standard InChI is InChI=1S/C14H12BrN5/c1-20-8-10(7-17-20)12-6-13(16)19-14(18-12)9-3-2-4-11(15)5-9/h2-8H,1H3,(H2,16,18,19). The predicted octanol–water partition coefficient (Wildman–Crippen LogP) is 2.89. The monoisotopic (exact) mass is 329 g/mol. The van der Waals surface area contributed by atoms with E-state index in [0.717, 1.165) is 21.3 Å². The van der Waals surface area contributed by atoms with Crippen molar-refractivity contribution in [3.05, 3.63) is 47.2 Å². The highest BCUT2D eigenvalue weighted by Gasteiger charge is 2.09. The van der Waals surface area contributed by atoms with Crippen molar-refractivity contribution in [3.63, 3.8) is 0 Å². The molecule has 0 saturated heterocycles. The average molecular weight is 330 g/mol. The lowest BCUT2D eigenvalue weighted by atomic mass is 10.2. The number of benzene rings is 1. The van der Waals surface area contributed by atoms with Crippen LogP contribution in [0.2, 0.25) is 0 Å². The van der Waals surface area contributed by atoms with Crippen molar-refractivity contribution in [3.8, 4) is 22.6 Å². The van der Waals surface area contributed by atoms with Crippen LogP contribution in [0.3, 0.4) is 0 Å². The Labute approximate surface area is 124 Å². The van der Waals surface area contributed by atoms with E-state index in [1.807, 2.05) is 37.5 Å². The van der Waals surface area contributed by atoms with E-state index in [0.29, 0.717) is 11.6 Å². The molecule has 5 nitrogen and oxygen atoms in total. The first-order chi connectivity index (χ1) is 9.61. The van der Waals surface area contributed by atoms with E-state index in [2.05, 4.69) is 31.0 Å². The number of aryl methyl sites for hydroxylation is 1. The minimum Gasteiger partial charge on any atom is -0.384 e. The Kier molecular flexibility index (Phi) is 3.23. The highest BCUT2D eigenvalue weighted by molar-refractivity contribution is 9.10.